The Morgan fingerprint density at radius 3 is 2.61 bits per heavy atom. The molecule has 0 aliphatic heterocycles. The molecule has 0 atom stereocenters. The average molecular weight is 394 g/mol. The van der Waals surface area contributed by atoms with Gasteiger partial charge in [0.25, 0.3) is 0 Å². The van der Waals surface area contributed by atoms with E-state index in [1.54, 1.807) is 30.5 Å². The van der Waals surface area contributed by atoms with Crippen molar-refractivity contribution in [3.63, 3.8) is 0 Å². The van der Waals surface area contributed by atoms with Crippen LogP contribution in [0.1, 0.15) is 31.2 Å². The second-order valence-electron chi connectivity index (χ2n) is 6.92. The van der Waals surface area contributed by atoms with Crippen molar-refractivity contribution in [1.29, 1.82) is 0 Å². The lowest BCUT2D eigenvalue weighted by atomic mass is 9.86. The summed E-state index contributed by atoms with van der Waals surface area (Å²) >= 11 is 0. The van der Waals surface area contributed by atoms with Gasteiger partial charge >= 0.3 is 17.9 Å². The van der Waals surface area contributed by atoms with Crippen LogP contribution in [-0.2, 0) is 6.54 Å². The van der Waals surface area contributed by atoms with E-state index in [2.05, 4.69) is 15.6 Å². The number of nitrogens with one attached hydrogen (secondary N) is 2. The van der Waals surface area contributed by atoms with E-state index in [-0.39, 0.29) is 24.6 Å². The van der Waals surface area contributed by atoms with Crippen LogP contribution < -0.4 is 16.3 Å². The Balaban J connectivity index is 1.54. The zero-order valence-corrected chi connectivity index (χ0v) is 15.1. The van der Waals surface area contributed by atoms with Crippen LogP contribution in [0.15, 0.2) is 47.5 Å². The molecule has 28 heavy (non-hydrogen) atoms. The highest BCUT2D eigenvalue weighted by Crippen LogP contribution is 2.37. The summed E-state index contributed by atoms with van der Waals surface area (Å²) in [6.45, 7) is 0.311. The number of aromatic nitrogens is 2. The molecule has 1 aromatic heterocycles. The first-order valence-corrected chi connectivity index (χ1v) is 9.06. The Kier molecular flexibility index (Phi) is 6.01. The maximum Gasteiger partial charge on any atom is 0.391 e. The summed E-state index contributed by atoms with van der Waals surface area (Å²) in [6, 6.07) is 7.95. The van der Waals surface area contributed by atoms with Crippen molar-refractivity contribution in [3.05, 3.63) is 58.8 Å². The van der Waals surface area contributed by atoms with Crippen molar-refractivity contribution >= 4 is 11.7 Å². The minimum absolute atomic E-state index is 0.0315. The van der Waals surface area contributed by atoms with Crippen molar-refractivity contribution < 1.29 is 18.0 Å². The zero-order valence-electron chi connectivity index (χ0n) is 15.1. The lowest BCUT2D eigenvalue weighted by Crippen LogP contribution is -2.41. The lowest BCUT2D eigenvalue weighted by molar-refractivity contribution is -0.182. The predicted molar refractivity (Wildman–Crippen MR) is 98.0 cm³/mol. The number of hydrogen-bond donors (Lipinski definition) is 2. The van der Waals surface area contributed by atoms with Crippen LogP contribution >= 0.6 is 0 Å². The molecule has 0 saturated heterocycles. The fraction of sp³-hybridized carbons (Fsp3) is 0.421. The molecule has 2 amide bonds. The van der Waals surface area contributed by atoms with Gasteiger partial charge in [0, 0.05) is 24.1 Å². The molecule has 1 aliphatic carbocycles. The minimum atomic E-state index is -4.16. The van der Waals surface area contributed by atoms with E-state index < -0.39 is 18.1 Å². The number of urea groups is 1. The molecule has 6 nitrogen and oxygen atoms in total. The Hall–Kier alpha value is -2.84. The molecule has 1 saturated carbocycles. The van der Waals surface area contributed by atoms with Crippen LogP contribution in [0.3, 0.4) is 0 Å². The number of hydrogen-bond acceptors (Lipinski definition) is 3. The number of halogens is 3. The highest BCUT2D eigenvalue weighted by molar-refractivity contribution is 5.89. The molecular weight excluding hydrogens is 373 g/mol. The van der Waals surface area contributed by atoms with E-state index in [1.165, 1.54) is 10.8 Å². The van der Waals surface area contributed by atoms with Crippen molar-refractivity contribution in [2.45, 2.75) is 44.4 Å². The molecule has 1 aliphatic rings. The summed E-state index contributed by atoms with van der Waals surface area (Å²) in [5.41, 5.74) is 0.975. The van der Waals surface area contributed by atoms with Crippen LogP contribution in [0.5, 0.6) is 0 Å². The molecule has 9 heteroatoms. The highest BCUT2D eigenvalue weighted by Gasteiger charge is 2.41. The van der Waals surface area contributed by atoms with E-state index in [9.17, 15) is 22.8 Å². The Morgan fingerprint density at radius 2 is 1.93 bits per heavy atom. The van der Waals surface area contributed by atoms with Gasteiger partial charge in [-0.25, -0.2) is 14.6 Å². The van der Waals surface area contributed by atoms with Crippen molar-refractivity contribution in [2.24, 2.45) is 5.92 Å². The second-order valence-corrected chi connectivity index (χ2v) is 6.92. The van der Waals surface area contributed by atoms with Gasteiger partial charge in [-0.2, -0.15) is 13.2 Å². The number of anilines is 1. The Labute approximate surface area is 159 Å². The lowest BCUT2D eigenvalue weighted by Gasteiger charge is -2.30. The molecule has 0 unspecified atom stereocenters. The monoisotopic (exact) mass is 394 g/mol. The summed E-state index contributed by atoms with van der Waals surface area (Å²) in [5.74, 6) is -1.28. The Morgan fingerprint density at radius 1 is 1.18 bits per heavy atom. The molecule has 0 radical (unpaired) electrons. The molecule has 1 fully saturated rings. The van der Waals surface area contributed by atoms with Gasteiger partial charge in [0.2, 0.25) is 0 Å². The number of rotatable bonds is 4. The fourth-order valence-corrected chi connectivity index (χ4v) is 3.37. The van der Waals surface area contributed by atoms with E-state index in [1.807, 2.05) is 6.07 Å². The number of carbonyl (C=O) groups is 1. The number of nitrogens with zero attached hydrogens (tertiary/aromatic N) is 2. The predicted octanol–water partition coefficient (Wildman–Crippen LogP) is 3.53. The van der Waals surface area contributed by atoms with Gasteiger partial charge in [-0.05, 0) is 49.4 Å². The van der Waals surface area contributed by atoms with Crippen LogP contribution in [0, 0.1) is 5.92 Å². The third-order valence-corrected chi connectivity index (χ3v) is 4.85. The molecular formula is C19H21F3N4O2. The van der Waals surface area contributed by atoms with E-state index in [4.69, 9.17) is 0 Å². The largest absolute Gasteiger partial charge is 0.391 e. The first kappa shape index (κ1) is 19.9. The third-order valence-electron chi connectivity index (χ3n) is 4.85. The number of alkyl halides is 3. The molecule has 0 spiro atoms. The van der Waals surface area contributed by atoms with Gasteiger partial charge in [0.05, 0.1) is 12.5 Å². The van der Waals surface area contributed by atoms with Gasteiger partial charge in [-0.1, -0.05) is 12.1 Å². The summed E-state index contributed by atoms with van der Waals surface area (Å²) in [5, 5.41) is 5.43. The topological polar surface area (TPSA) is 76.0 Å². The van der Waals surface area contributed by atoms with Gasteiger partial charge in [-0.15, -0.1) is 0 Å². The number of amides is 2. The normalized spacial score (nSPS) is 19.8. The molecule has 150 valence electrons. The first-order valence-electron chi connectivity index (χ1n) is 9.06. The van der Waals surface area contributed by atoms with Crippen molar-refractivity contribution in [3.8, 4) is 0 Å². The standard InChI is InChI=1S/C19H21F3N4O2/c20-19(21,22)14-5-7-15(8-6-14)24-17(27)25-16-4-1-3-13(11-16)12-26-10-2-9-23-18(26)28/h1-4,9-11,14-15H,5-8,12H2,(H2,24,25,27). The van der Waals surface area contributed by atoms with Crippen molar-refractivity contribution in [2.75, 3.05) is 5.32 Å². The summed E-state index contributed by atoms with van der Waals surface area (Å²) in [4.78, 5) is 27.6. The fourth-order valence-electron chi connectivity index (χ4n) is 3.37. The van der Waals surface area contributed by atoms with Gasteiger partial charge in [0.1, 0.15) is 0 Å². The number of benzene rings is 1. The molecule has 2 aromatic rings. The summed E-state index contributed by atoms with van der Waals surface area (Å²) in [7, 11) is 0. The zero-order chi connectivity index (χ0) is 20.1. The average Bonchev–Trinajstić information content (AvgIpc) is 2.63. The molecule has 3 rings (SSSR count). The van der Waals surface area contributed by atoms with Gasteiger partial charge in [-0.3, -0.25) is 4.57 Å². The molecule has 2 N–H and O–H groups in total. The summed E-state index contributed by atoms with van der Waals surface area (Å²) in [6.07, 6.45) is -0.441. The molecule has 1 aromatic carbocycles. The smallest absolute Gasteiger partial charge is 0.335 e. The van der Waals surface area contributed by atoms with E-state index >= 15 is 0 Å². The summed E-state index contributed by atoms with van der Waals surface area (Å²) < 4.78 is 39.6. The van der Waals surface area contributed by atoms with Crippen LogP contribution in [0.25, 0.3) is 0 Å². The number of carbonyl (C=O) groups excluding carboxylic acids is 1. The quantitative estimate of drug-likeness (QED) is 0.833. The second kappa shape index (κ2) is 8.45. The maximum absolute atomic E-state index is 12.7. The highest BCUT2D eigenvalue weighted by atomic mass is 19.4. The van der Waals surface area contributed by atoms with Crippen LogP contribution in [-0.4, -0.2) is 27.8 Å². The van der Waals surface area contributed by atoms with Crippen LogP contribution in [0.2, 0.25) is 0 Å². The van der Waals surface area contributed by atoms with E-state index in [0.717, 1.165) is 5.56 Å². The molecule has 0 bridgehead atoms. The minimum Gasteiger partial charge on any atom is -0.335 e. The van der Waals surface area contributed by atoms with E-state index in [0.29, 0.717) is 25.1 Å². The SMILES string of the molecule is O=C(Nc1cccc(Cn2cccnc2=O)c1)NC1CCC(C(F)(F)F)CC1. The first-order chi connectivity index (χ1) is 13.3. The maximum atomic E-state index is 12.7. The van der Waals surface area contributed by atoms with Gasteiger partial charge < -0.3 is 10.6 Å². The van der Waals surface area contributed by atoms with Gasteiger partial charge in [0.15, 0.2) is 0 Å². The third kappa shape index (κ3) is 5.34. The van der Waals surface area contributed by atoms with Crippen molar-refractivity contribution in [1.82, 2.24) is 14.9 Å². The van der Waals surface area contributed by atoms with Crippen LogP contribution in [0.4, 0.5) is 23.7 Å². The Bertz CT molecular complexity index is 874. The molecule has 1 heterocycles.